The van der Waals surface area contributed by atoms with Crippen molar-refractivity contribution >= 4 is 23.4 Å². The third kappa shape index (κ3) is 4.28. The molecule has 1 aliphatic heterocycles. The Labute approximate surface area is 187 Å². The van der Waals surface area contributed by atoms with Gasteiger partial charge in [-0.25, -0.2) is 0 Å². The van der Waals surface area contributed by atoms with E-state index >= 15 is 0 Å². The third-order valence-electron chi connectivity index (χ3n) is 5.40. The Morgan fingerprint density at radius 1 is 1.13 bits per heavy atom. The molecule has 3 aromatic rings. The molecule has 7 heteroatoms. The third-order valence-corrected chi connectivity index (χ3v) is 6.32. The first kappa shape index (κ1) is 21.3. The van der Waals surface area contributed by atoms with Crippen molar-refractivity contribution < 1.29 is 9.53 Å². The van der Waals surface area contributed by atoms with Gasteiger partial charge in [-0.15, -0.1) is 10.2 Å². The van der Waals surface area contributed by atoms with Crippen LogP contribution >= 0.6 is 11.8 Å². The predicted octanol–water partition coefficient (Wildman–Crippen LogP) is 5.49. The Kier molecular flexibility index (Phi) is 6.23. The highest BCUT2D eigenvalue weighted by Gasteiger charge is 2.34. The molecule has 0 spiro atoms. The Morgan fingerprint density at radius 3 is 2.68 bits per heavy atom. The van der Waals surface area contributed by atoms with Gasteiger partial charge in [0, 0.05) is 23.8 Å². The average molecular weight is 435 g/mol. The number of para-hydroxylation sites is 1. The fourth-order valence-electron chi connectivity index (χ4n) is 3.56. The van der Waals surface area contributed by atoms with Gasteiger partial charge in [0.1, 0.15) is 0 Å². The van der Waals surface area contributed by atoms with Crippen molar-refractivity contribution in [3.05, 3.63) is 59.2 Å². The van der Waals surface area contributed by atoms with Crippen LogP contribution in [0.2, 0.25) is 0 Å². The van der Waals surface area contributed by atoms with Gasteiger partial charge in [-0.2, -0.15) is 4.98 Å². The number of thioether (sulfide) groups is 1. The molecule has 1 atom stereocenters. The summed E-state index contributed by atoms with van der Waals surface area (Å²) in [4.78, 5) is 19.2. The predicted molar refractivity (Wildman–Crippen MR) is 123 cm³/mol. The van der Waals surface area contributed by atoms with Gasteiger partial charge in [0.2, 0.25) is 23.2 Å². The van der Waals surface area contributed by atoms with Crippen LogP contribution in [0.15, 0.2) is 47.6 Å². The van der Waals surface area contributed by atoms with Crippen molar-refractivity contribution in [2.24, 2.45) is 0 Å². The van der Waals surface area contributed by atoms with Gasteiger partial charge in [-0.1, -0.05) is 61.5 Å². The molecule has 1 aliphatic rings. The van der Waals surface area contributed by atoms with Crippen LogP contribution in [0.5, 0.6) is 5.88 Å². The number of unbranched alkanes of at least 4 members (excludes halogenated alkanes) is 1. The largest absolute Gasteiger partial charge is 0.447 e. The van der Waals surface area contributed by atoms with Gasteiger partial charge < -0.3 is 4.74 Å². The number of aryl methyl sites for hydroxylation is 2. The van der Waals surface area contributed by atoms with Crippen LogP contribution in [0.3, 0.4) is 0 Å². The molecule has 2 aromatic carbocycles. The summed E-state index contributed by atoms with van der Waals surface area (Å²) in [6.07, 6.45) is 1.54. The normalized spacial score (nSPS) is 15.0. The molecular formula is C24H26N4O2S. The van der Waals surface area contributed by atoms with E-state index in [-0.39, 0.29) is 5.91 Å². The highest BCUT2D eigenvalue weighted by atomic mass is 32.2. The maximum absolute atomic E-state index is 12.8. The number of hydrogen-bond acceptors (Lipinski definition) is 6. The maximum atomic E-state index is 12.8. The van der Waals surface area contributed by atoms with Crippen LogP contribution in [0.1, 0.15) is 49.6 Å². The summed E-state index contributed by atoms with van der Waals surface area (Å²) in [5.41, 5.74) is 5.28. The van der Waals surface area contributed by atoms with Gasteiger partial charge in [0.25, 0.3) is 0 Å². The minimum absolute atomic E-state index is 0.117. The standard InChI is InChI=1S/C24H26N4O2S/c1-5-6-13-31-24-25-22-21(26-27-24)19-9-7-8-10-20(19)28(17(4)29)23(30-22)18-12-11-15(2)16(3)14-18/h7-12,14,23H,5-6,13H2,1-4H3. The minimum Gasteiger partial charge on any atom is -0.447 e. The summed E-state index contributed by atoms with van der Waals surface area (Å²) < 4.78 is 6.42. The van der Waals surface area contributed by atoms with E-state index in [2.05, 4.69) is 42.0 Å². The van der Waals surface area contributed by atoms with E-state index in [9.17, 15) is 4.79 Å². The highest BCUT2D eigenvalue weighted by Crippen LogP contribution is 2.43. The number of anilines is 1. The maximum Gasteiger partial charge on any atom is 0.247 e. The van der Waals surface area contributed by atoms with Crippen LogP contribution in [0, 0.1) is 13.8 Å². The van der Waals surface area contributed by atoms with Gasteiger partial charge in [0.15, 0.2) is 5.69 Å². The lowest BCUT2D eigenvalue weighted by atomic mass is 10.0. The summed E-state index contributed by atoms with van der Waals surface area (Å²) in [5, 5.41) is 9.36. The SMILES string of the molecule is CCCCSc1nnc2c(n1)OC(c1ccc(C)c(C)c1)N(C(C)=O)c1ccccc1-2. The van der Waals surface area contributed by atoms with E-state index < -0.39 is 6.23 Å². The molecule has 1 amide bonds. The monoisotopic (exact) mass is 434 g/mol. The van der Waals surface area contributed by atoms with Crippen molar-refractivity contribution in [3.8, 4) is 17.1 Å². The summed E-state index contributed by atoms with van der Waals surface area (Å²) in [6.45, 7) is 7.83. The van der Waals surface area contributed by atoms with Crippen LogP contribution < -0.4 is 9.64 Å². The van der Waals surface area contributed by atoms with E-state index in [1.54, 1.807) is 23.6 Å². The average Bonchev–Trinajstić information content (AvgIpc) is 2.90. The number of fused-ring (bicyclic) bond motifs is 3. The van der Waals surface area contributed by atoms with Crippen molar-refractivity contribution in [1.29, 1.82) is 0 Å². The molecule has 31 heavy (non-hydrogen) atoms. The molecule has 0 aliphatic carbocycles. The van der Waals surface area contributed by atoms with E-state index in [0.29, 0.717) is 16.7 Å². The van der Waals surface area contributed by atoms with Crippen molar-refractivity contribution in [3.63, 3.8) is 0 Å². The summed E-state index contributed by atoms with van der Waals surface area (Å²) in [5.74, 6) is 1.20. The van der Waals surface area contributed by atoms with Crippen LogP contribution in [-0.4, -0.2) is 26.8 Å². The van der Waals surface area contributed by atoms with Gasteiger partial charge in [-0.3, -0.25) is 9.69 Å². The molecule has 0 saturated carbocycles. The molecule has 160 valence electrons. The number of rotatable bonds is 5. The van der Waals surface area contributed by atoms with E-state index in [1.165, 1.54) is 5.56 Å². The molecule has 4 rings (SSSR count). The fraction of sp³-hybridized carbons (Fsp3) is 0.333. The zero-order valence-corrected chi connectivity index (χ0v) is 19.1. The molecule has 0 N–H and O–H groups in total. The zero-order valence-electron chi connectivity index (χ0n) is 18.3. The molecule has 0 bridgehead atoms. The summed E-state index contributed by atoms with van der Waals surface area (Å²) >= 11 is 1.57. The minimum atomic E-state index is -0.649. The molecular weight excluding hydrogens is 408 g/mol. The van der Waals surface area contributed by atoms with Crippen LogP contribution in [-0.2, 0) is 4.79 Å². The molecule has 1 unspecified atom stereocenters. The molecule has 1 aromatic heterocycles. The number of carbonyl (C=O) groups is 1. The van der Waals surface area contributed by atoms with Crippen molar-refractivity contribution in [2.75, 3.05) is 10.7 Å². The Balaban J connectivity index is 1.86. The first-order chi connectivity index (χ1) is 15.0. The number of amides is 1. The first-order valence-electron chi connectivity index (χ1n) is 10.5. The zero-order chi connectivity index (χ0) is 22.0. The number of nitrogens with zero attached hydrogens (tertiary/aromatic N) is 4. The molecule has 0 radical (unpaired) electrons. The topological polar surface area (TPSA) is 68.2 Å². The van der Waals surface area contributed by atoms with Gasteiger partial charge >= 0.3 is 0 Å². The summed E-state index contributed by atoms with van der Waals surface area (Å²) in [7, 11) is 0. The Morgan fingerprint density at radius 2 is 1.94 bits per heavy atom. The Hall–Kier alpha value is -2.93. The smallest absolute Gasteiger partial charge is 0.247 e. The van der Waals surface area contributed by atoms with Crippen molar-refractivity contribution in [1.82, 2.24) is 15.2 Å². The van der Waals surface area contributed by atoms with Crippen molar-refractivity contribution in [2.45, 2.75) is 51.9 Å². The summed E-state index contributed by atoms with van der Waals surface area (Å²) in [6, 6.07) is 13.8. The lowest BCUT2D eigenvalue weighted by molar-refractivity contribution is -0.118. The van der Waals surface area contributed by atoms with Gasteiger partial charge in [0.05, 0.1) is 5.69 Å². The number of benzene rings is 2. The van der Waals surface area contributed by atoms with E-state index in [4.69, 9.17) is 4.74 Å². The number of ether oxygens (including phenoxy) is 1. The van der Waals surface area contributed by atoms with E-state index in [0.717, 1.165) is 41.0 Å². The van der Waals surface area contributed by atoms with Crippen LogP contribution in [0.25, 0.3) is 11.3 Å². The molecule has 6 nitrogen and oxygen atoms in total. The highest BCUT2D eigenvalue weighted by molar-refractivity contribution is 7.99. The lowest BCUT2D eigenvalue weighted by Gasteiger charge is -2.30. The second-order valence-electron chi connectivity index (χ2n) is 7.67. The lowest BCUT2D eigenvalue weighted by Crippen LogP contribution is -2.36. The molecule has 2 heterocycles. The van der Waals surface area contributed by atoms with Crippen LogP contribution in [0.4, 0.5) is 5.69 Å². The second-order valence-corrected chi connectivity index (χ2v) is 8.73. The number of carbonyl (C=O) groups excluding carboxylic acids is 1. The number of hydrogen-bond donors (Lipinski definition) is 0. The fourth-order valence-corrected chi connectivity index (χ4v) is 4.42. The molecule has 0 saturated heterocycles. The Bertz CT molecular complexity index is 1120. The second kappa shape index (κ2) is 9.06. The first-order valence-corrected chi connectivity index (χ1v) is 11.5. The molecule has 0 fully saturated rings. The van der Waals surface area contributed by atoms with Gasteiger partial charge in [-0.05, 0) is 37.5 Å². The number of aromatic nitrogens is 3. The van der Waals surface area contributed by atoms with E-state index in [1.807, 2.05) is 36.4 Å². The quantitative estimate of drug-likeness (QED) is 0.391.